The van der Waals surface area contributed by atoms with Crippen molar-refractivity contribution in [3.63, 3.8) is 0 Å². The number of ether oxygens (including phenoxy) is 1. The highest BCUT2D eigenvalue weighted by Gasteiger charge is 2.21. The summed E-state index contributed by atoms with van der Waals surface area (Å²) < 4.78 is 4.61. The van der Waals surface area contributed by atoms with Crippen molar-refractivity contribution in [2.45, 2.75) is 0 Å². The first-order valence-electron chi connectivity index (χ1n) is 3.82. The average molecular weight is 193 g/mol. The number of hydrazine groups is 1. The lowest BCUT2D eigenvalue weighted by molar-refractivity contribution is -0.113. The zero-order valence-electron chi connectivity index (χ0n) is 7.24. The van der Waals surface area contributed by atoms with Gasteiger partial charge in [-0.3, -0.25) is 4.79 Å². The van der Waals surface area contributed by atoms with Crippen molar-refractivity contribution in [2.24, 2.45) is 0 Å². The van der Waals surface area contributed by atoms with E-state index in [-0.39, 0.29) is 6.54 Å². The van der Waals surface area contributed by atoms with Crippen LogP contribution >= 0.6 is 0 Å². The van der Waals surface area contributed by atoms with Crippen molar-refractivity contribution in [3.05, 3.63) is 11.4 Å². The second-order valence-corrected chi connectivity index (χ2v) is 2.37. The predicted octanol–water partition coefficient (Wildman–Crippen LogP) is -0.608. The maximum atomic E-state index is 10.9. The summed E-state index contributed by atoms with van der Waals surface area (Å²) in [6.07, 6.45) is -0.504. The molecule has 0 atom stereocenters. The van der Waals surface area contributed by atoms with Crippen LogP contribution in [0.2, 0.25) is 0 Å². The summed E-state index contributed by atoms with van der Waals surface area (Å²) in [6.45, 7) is 6.94. The van der Waals surface area contributed by atoms with Gasteiger partial charge in [-0.2, -0.15) is 4.85 Å². The smallest absolute Gasteiger partial charge is 0.424 e. The minimum atomic E-state index is -0.504. The fourth-order valence-corrected chi connectivity index (χ4v) is 0.839. The van der Waals surface area contributed by atoms with Crippen molar-refractivity contribution in [3.8, 4) is 12.0 Å². The molecule has 6 nitrogen and oxygen atoms in total. The van der Waals surface area contributed by atoms with E-state index in [1.54, 1.807) is 0 Å². The molecule has 72 valence electrons. The summed E-state index contributed by atoms with van der Waals surface area (Å²) in [5.41, 5.74) is 2.54. The summed E-state index contributed by atoms with van der Waals surface area (Å²) in [4.78, 5) is 24.5. The Morgan fingerprint density at radius 2 is 2.57 bits per heavy atom. The monoisotopic (exact) mass is 193 g/mol. The van der Waals surface area contributed by atoms with E-state index >= 15 is 0 Å². The molecule has 0 aromatic rings. The highest BCUT2D eigenvalue weighted by Crippen LogP contribution is 1.97. The number of carbonyl (C=O) groups is 2. The SMILES string of the molecule is [C-]#[N+]C#CC(=O)CNN1CCOC1=O. The summed E-state index contributed by atoms with van der Waals surface area (Å²) in [5.74, 6) is 1.64. The Balaban J connectivity index is 2.30. The molecule has 0 aliphatic carbocycles. The van der Waals surface area contributed by atoms with Gasteiger partial charge in [0.2, 0.25) is 5.78 Å². The first kappa shape index (κ1) is 10.0. The normalized spacial score (nSPS) is 13.9. The van der Waals surface area contributed by atoms with Gasteiger partial charge in [-0.1, -0.05) is 5.92 Å². The number of cyclic esters (lactones) is 1. The lowest BCUT2D eigenvalue weighted by Gasteiger charge is -2.11. The molecule has 6 heteroatoms. The van der Waals surface area contributed by atoms with Crippen molar-refractivity contribution in [2.75, 3.05) is 19.7 Å². The zero-order chi connectivity index (χ0) is 10.4. The lowest BCUT2D eigenvalue weighted by atomic mass is 10.4. The summed E-state index contributed by atoms with van der Waals surface area (Å²) in [7, 11) is 0. The molecule has 1 N–H and O–H groups in total. The van der Waals surface area contributed by atoms with Crippen molar-refractivity contribution < 1.29 is 14.3 Å². The van der Waals surface area contributed by atoms with Crippen LogP contribution in [0.3, 0.4) is 0 Å². The van der Waals surface area contributed by atoms with E-state index in [2.05, 4.69) is 20.9 Å². The Hall–Kier alpha value is -2.05. The van der Waals surface area contributed by atoms with Gasteiger partial charge in [0.1, 0.15) is 19.2 Å². The Morgan fingerprint density at radius 3 is 3.14 bits per heavy atom. The van der Waals surface area contributed by atoms with Crippen LogP contribution in [0.4, 0.5) is 4.79 Å². The summed E-state index contributed by atoms with van der Waals surface area (Å²) in [6, 6.07) is 1.95. The number of carbonyl (C=O) groups excluding carboxylic acids is 2. The number of rotatable bonds is 3. The molecule has 1 fully saturated rings. The minimum absolute atomic E-state index is 0.0996. The van der Waals surface area contributed by atoms with Crippen LogP contribution in [-0.4, -0.2) is 36.6 Å². The second kappa shape index (κ2) is 4.85. The number of Topliss-reactive ketones (excluding diaryl/α,β-unsaturated/α-hetero) is 1. The zero-order valence-corrected chi connectivity index (χ0v) is 7.24. The molecule has 1 amide bonds. The quantitative estimate of drug-likeness (QED) is 0.480. The van der Waals surface area contributed by atoms with E-state index < -0.39 is 11.9 Å². The number of nitrogens with one attached hydrogen (secondary N) is 1. The number of amides is 1. The van der Waals surface area contributed by atoms with Crippen LogP contribution in [0.15, 0.2) is 0 Å². The van der Waals surface area contributed by atoms with E-state index in [0.717, 1.165) is 0 Å². The molecular formula is C8H7N3O3. The van der Waals surface area contributed by atoms with Gasteiger partial charge in [0.15, 0.2) is 0 Å². The Morgan fingerprint density at radius 1 is 1.79 bits per heavy atom. The van der Waals surface area contributed by atoms with Gasteiger partial charge in [0, 0.05) is 0 Å². The average Bonchev–Trinajstić information content (AvgIpc) is 2.58. The molecule has 1 heterocycles. The highest BCUT2D eigenvalue weighted by atomic mass is 16.6. The third kappa shape index (κ3) is 2.77. The van der Waals surface area contributed by atoms with Crippen LogP contribution < -0.4 is 5.43 Å². The molecule has 0 spiro atoms. The van der Waals surface area contributed by atoms with Gasteiger partial charge < -0.3 is 4.74 Å². The molecule has 1 aliphatic rings. The Bertz CT molecular complexity index is 347. The van der Waals surface area contributed by atoms with E-state index in [0.29, 0.717) is 13.2 Å². The third-order valence-corrected chi connectivity index (χ3v) is 1.44. The molecule has 0 aromatic carbocycles. The number of hydrogen-bond donors (Lipinski definition) is 1. The van der Waals surface area contributed by atoms with Gasteiger partial charge in [-0.05, 0) is 0 Å². The molecule has 0 aromatic heterocycles. The fourth-order valence-electron chi connectivity index (χ4n) is 0.839. The maximum Gasteiger partial charge on any atom is 0.424 e. The predicted molar refractivity (Wildman–Crippen MR) is 45.4 cm³/mol. The van der Waals surface area contributed by atoms with Crippen LogP contribution in [0.1, 0.15) is 0 Å². The van der Waals surface area contributed by atoms with Gasteiger partial charge >= 0.3 is 6.09 Å². The van der Waals surface area contributed by atoms with E-state index in [1.807, 2.05) is 6.04 Å². The third-order valence-electron chi connectivity index (χ3n) is 1.44. The van der Waals surface area contributed by atoms with Gasteiger partial charge in [-0.15, -0.1) is 0 Å². The second-order valence-electron chi connectivity index (χ2n) is 2.37. The van der Waals surface area contributed by atoms with Crippen molar-refractivity contribution in [1.82, 2.24) is 10.4 Å². The topological polar surface area (TPSA) is 63.0 Å². The molecule has 0 saturated carbocycles. The molecular weight excluding hydrogens is 186 g/mol. The highest BCUT2D eigenvalue weighted by molar-refractivity contribution is 5.97. The van der Waals surface area contributed by atoms with Crippen LogP contribution in [0.5, 0.6) is 0 Å². The van der Waals surface area contributed by atoms with Crippen LogP contribution in [-0.2, 0) is 9.53 Å². The minimum Gasteiger partial charge on any atom is -0.447 e. The van der Waals surface area contributed by atoms with Gasteiger partial charge in [-0.25, -0.2) is 15.2 Å². The van der Waals surface area contributed by atoms with E-state index in [1.165, 1.54) is 5.01 Å². The number of ketones is 1. The standard InChI is InChI=1S/C8H7N3O3/c1-9-3-2-7(12)6-10-11-4-5-14-8(11)13/h10H,4-6H2. The van der Waals surface area contributed by atoms with Gasteiger partial charge in [0.25, 0.3) is 0 Å². The number of hydrogen-bond acceptors (Lipinski definition) is 4. The van der Waals surface area contributed by atoms with Crippen LogP contribution in [0.25, 0.3) is 4.85 Å². The summed E-state index contributed by atoms with van der Waals surface area (Å²) >= 11 is 0. The molecule has 1 saturated heterocycles. The van der Waals surface area contributed by atoms with Crippen LogP contribution in [0, 0.1) is 18.5 Å². The van der Waals surface area contributed by atoms with E-state index in [4.69, 9.17) is 6.57 Å². The molecule has 0 radical (unpaired) electrons. The van der Waals surface area contributed by atoms with E-state index in [9.17, 15) is 9.59 Å². The molecule has 14 heavy (non-hydrogen) atoms. The molecule has 1 rings (SSSR count). The lowest BCUT2D eigenvalue weighted by Crippen LogP contribution is -2.41. The summed E-state index contributed by atoms with van der Waals surface area (Å²) in [5, 5.41) is 1.19. The Kier molecular flexibility index (Phi) is 3.48. The molecule has 1 aliphatic heterocycles. The fraction of sp³-hybridized carbons (Fsp3) is 0.375. The molecule has 0 unspecified atom stereocenters. The maximum absolute atomic E-state index is 10.9. The first-order chi connectivity index (χ1) is 6.74. The number of nitrogens with zero attached hydrogens (tertiary/aromatic N) is 2. The first-order valence-corrected chi connectivity index (χ1v) is 3.82. The molecule has 0 bridgehead atoms. The largest absolute Gasteiger partial charge is 0.447 e. The van der Waals surface area contributed by atoms with Crippen molar-refractivity contribution >= 4 is 11.9 Å². The Labute approximate surface area is 80.6 Å². The van der Waals surface area contributed by atoms with Gasteiger partial charge in [0.05, 0.1) is 13.1 Å². The van der Waals surface area contributed by atoms with Crippen molar-refractivity contribution in [1.29, 1.82) is 0 Å².